The van der Waals surface area contributed by atoms with Crippen LogP contribution >= 0.6 is 0 Å². The van der Waals surface area contributed by atoms with E-state index in [1.54, 1.807) is 4.90 Å². The Hall–Kier alpha value is -2.30. The van der Waals surface area contributed by atoms with Crippen molar-refractivity contribution in [2.45, 2.75) is 51.6 Å². The zero-order valence-corrected chi connectivity index (χ0v) is 15.5. The Morgan fingerprint density at radius 2 is 1.76 bits per heavy atom. The van der Waals surface area contributed by atoms with Crippen molar-refractivity contribution in [1.29, 1.82) is 0 Å². The number of likely N-dealkylation sites (tertiary alicyclic amines) is 1. The van der Waals surface area contributed by atoms with Gasteiger partial charge in [0.2, 0.25) is 0 Å². The molecule has 1 amide bonds. The fourth-order valence-electron chi connectivity index (χ4n) is 3.27. The molecular formula is C20H27NO4. The molecule has 1 aromatic carbocycles. The van der Waals surface area contributed by atoms with Crippen LogP contribution < -0.4 is 0 Å². The summed E-state index contributed by atoms with van der Waals surface area (Å²) >= 11 is 0. The second kappa shape index (κ2) is 6.90. The summed E-state index contributed by atoms with van der Waals surface area (Å²) in [7, 11) is 0. The van der Waals surface area contributed by atoms with Crippen LogP contribution in [0.2, 0.25) is 0 Å². The lowest BCUT2D eigenvalue weighted by Gasteiger charge is -2.40. The van der Waals surface area contributed by atoms with E-state index in [1.165, 1.54) is 0 Å². The molecule has 1 fully saturated rings. The number of benzene rings is 1. The Morgan fingerprint density at radius 3 is 2.24 bits per heavy atom. The monoisotopic (exact) mass is 345 g/mol. The summed E-state index contributed by atoms with van der Waals surface area (Å²) in [5, 5.41) is 10.00. The minimum Gasteiger partial charge on any atom is -0.481 e. The van der Waals surface area contributed by atoms with Crippen molar-refractivity contribution in [2.24, 2.45) is 0 Å². The van der Waals surface area contributed by atoms with Crippen molar-refractivity contribution in [3.05, 3.63) is 42.0 Å². The average molecular weight is 345 g/mol. The number of hydrogen-bond acceptors (Lipinski definition) is 3. The first-order valence-electron chi connectivity index (χ1n) is 8.53. The van der Waals surface area contributed by atoms with Crippen molar-refractivity contribution >= 4 is 17.6 Å². The lowest BCUT2D eigenvalue weighted by atomic mass is 9.70. The van der Waals surface area contributed by atoms with E-state index < -0.39 is 17.0 Å². The third-order valence-electron chi connectivity index (χ3n) is 4.58. The van der Waals surface area contributed by atoms with Gasteiger partial charge in [0, 0.05) is 13.1 Å². The number of carboxylic acid groups (broad SMARTS) is 1. The first-order chi connectivity index (χ1) is 11.6. The molecule has 0 unspecified atom stereocenters. The highest BCUT2D eigenvalue weighted by Crippen LogP contribution is 2.39. The molecule has 1 heterocycles. The van der Waals surface area contributed by atoms with Gasteiger partial charge in [0.05, 0.1) is 5.41 Å². The van der Waals surface area contributed by atoms with Gasteiger partial charge >= 0.3 is 12.1 Å². The summed E-state index contributed by atoms with van der Waals surface area (Å²) in [5.74, 6) is -0.856. The molecule has 5 nitrogen and oxygen atoms in total. The molecule has 5 heteroatoms. The number of amides is 1. The van der Waals surface area contributed by atoms with E-state index >= 15 is 0 Å². The van der Waals surface area contributed by atoms with Gasteiger partial charge in [-0.1, -0.05) is 36.4 Å². The highest BCUT2D eigenvalue weighted by molar-refractivity contribution is 5.85. The molecule has 25 heavy (non-hydrogen) atoms. The molecule has 2 rings (SSSR count). The van der Waals surface area contributed by atoms with Crippen molar-refractivity contribution in [2.75, 3.05) is 13.1 Å². The van der Waals surface area contributed by atoms with Crippen LogP contribution in [0, 0.1) is 0 Å². The Bertz CT molecular complexity index is 679. The van der Waals surface area contributed by atoms with Crippen LogP contribution in [0.4, 0.5) is 4.79 Å². The van der Waals surface area contributed by atoms with Gasteiger partial charge in [-0.05, 0) is 51.7 Å². The largest absolute Gasteiger partial charge is 0.481 e. The summed E-state index contributed by atoms with van der Waals surface area (Å²) < 4.78 is 5.40. The first-order valence-corrected chi connectivity index (χ1v) is 8.53. The van der Waals surface area contributed by atoms with Crippen molar-refractivity contribution in [3.63, 3.8) is 0 Å². The molecule has 0 radical (unpaired) electrons. The van der Waals surface area contributed by atoms with Gasteiger partial charge < -0.3 is 14.7 Å². The number of hydrogen-bond donors (Lipinski definition) is 1. The Balaban J connectivity index is 2.27. The van der Waals surface area contributed by atoms with Crippen molar-refractivity contribution in [1.82, 2.24) is 4.90 Å². The molecule has 0 saturated carbocycles. The average Bonchev–Trinajstić information content (AvgIpc) is 2.53. The van der Waals surface area contributed by atoms with Crippen LogP contribution in [0.3, 0.4) is 0 Å². The molecule has 0 aliphatic carbocycles. The minimum atomic E-state index is -1.01. The number of piperidine rings is 1. The fraction of sp³-hybridized carbons (Fsp3) is 0.500. The topological polar surface area (TPSA) is 66.8 Å². The normalized spacial score (nSPS) is 17.0. The number of allylic oxidation sites excluding steroid dienone is 1. The van der Waals surface area contributed by atoms with Gasteiger partial charge in [0.15, 0.2) is 0 Å². The fourth-order valence-corrected chi connectivity index (χ4v) is 3.27. The first kappa shape index (κ1) is 19.0. The zero-order valence-electron chi connectivity index (χ0n) is 15.5. The van der Waals surface area contributed by atoms with E-state index in [4.69, 9.17) is 4.74 Å². The zero-order chi connectivity index (χ0) is 18.8. The van der Waals surface area contributed by atoms with E-state index in [9.17, 15) is 14.7 Å². The number of nitrogens with zero attached hydrogens (tertiary/aromatic N) is 1. The molecule has 1 aromatic rings. The van der Waals surface area contributed by atoms with Gasteiger partial charge in [0.25, 0.3) is 0 Å². The summed E-state index contributed by atoms with van der Waals surface area (Å²) in [5.41, 5.74) is 0.916. The summed E-state index contributed by atoms with van der Waals surface area (Å²) in [4.78, 5) is 26.0. The molecule has 0 atom stereocenters. The van der Waals surface area contributed by atoms with Gasteiger partial charge in [0.1, 0.15) is 5.60 Å². The van der Waals surface area contributed by atoms with E-state index in [0.717, 1.165) is 16.7 Å². The second-order valence-electron chi connectivity index (χ2n) is 7.68. The number of carbonyl (C=O) groups is 2. The highest BCUT2D eigenvalue weighted by atomic mass is 16.6. The smallest absolute Gasteiger partial charge is 0.410 e. The maximum absolute atomic E-state index is 12.2. The van der Waals surface area contributed by atoms with Gasteiger partial charge in [-0.15, -0.1) is 0 Å². The number of carbonyl (C=O) groups excluding carboxylic acids is 1. The number of carboxylic acids is 1. The van der Waals surface area contributed by atoms with Gasteiger partial charge in [-0.25, -0.2) is 4.79 Å². The van der Waals surface area contributed by atoms with E-state index in [-0.39, 0.29) is 6.09 Å². The number of ether oxygens (including phenoxy) is 1. The summed E-state index contributed by atoms with van der Waals surface area (Å²) in [6.45, 7) is 12.0. The molecule has 136 valence electrons. The van der Waals surface area contributed by atoms with Gasteiger partial charge in [-0.3, -0.25) is 4.79 Å². The summed E-state index contributed by atoms with van der Waals surface area (Å²) in [6.07, 6.45) is 0.317. The standard InChI is InChI=1S/C20H27NO4/c1-14(2)15-8-6-7-9-16(15)20(17(22)23)10-12-21(13-11-20)18(24)25-19(3,4)5/h6-9H,1,10-13H2,2-5H3,(H,22,23). The van der Waals surface area contributed by atoms with Crippen LogP contribution in [0.15, 0.2) is 30.8 Å². The lowest BCUT2D eigenvalue weighted by molar-refractivity contribution is -0.146. The number of rotatable bonds is 3. The van der Waals surface area contributed by atoms with Crippen molar-refractivity contribution in [3.8, 4) is 0 Å². The quantitative estimate of drug-likeness (QED) is 0.896. The lowest BCUT2D eigenvalue weighted by Crippen LogP contribution is -2.50. The molecule has 0 aromatic heterocycles. The summed E-state index contributed by atoms with van der Waals surface area (Å²) in [6, 6.07) is 7.51. The molecule has 0 spiro atoms. The molecular weight excluding hydrogens is 318 g/mol. The van der Waals surface area contributed by atoms with Crippen LogP contribution in [0.5, 0.6) is 0 Å². The molecule has 1 aliphatic rings. The van der Waals surface area contributed by atoms with E-state index in [1.807, 2.05) is 52.0 Å². The third kappa shape index (κ3) is 4.03. The van der Waals surface area contributed by atoms with E-state index in [0.29, 0.717) is 25.9 Å². The maximum atomic E-state index is 12.2. The minimum absolute atomic E-state index is 0.353. The highest BCUT2D eigenvalue weighted by Gasteiger charge is 2.45. The third-order valence-corrected chi connectivity index (χ3v) is 4.58. The Kier molecular flexibility index (Phi) is 5.26. The SMILES string of the molecule is C=C(C)c1ccccc1C1(C(=O)O)CCN(C(=O)OC(C)(C)C)CC1. The second-order valence-corrected chi connectivity index (χ2v) is 7.68. The van der Waals surface area contributed by atoms with Crippen LogP contribution in [-0.2, 0) is 14.9 Å². The Labute approximate surface area is 149 Å². The van der Waals surface area contributed by atoms with Crippen molar-refractivity contribution < 1.29 is 19.4 Å². The maximum Gasteiger partial charge on any atom is 0.410 e. The predicted molar refractivity (Wildman–Crippen MR) is 97.5 cm³/mol. The predicted octanol–water partition coefficient (Wildman–Crippen LogP) is 4.07. The molecule has 1 saturated heterocycles. The van der Waals surface area contributed by atoms with E-state index in [2.05, 4.69) is 6.58 Å². The van der Waals surface area contributed by atoms with Crippen LogP contribution in [0.25, 0.3) is 5.57 Å². The van der Waals surface area contributed by atoms with Gasteiger partial charge in [-0.2, -0.15) is 0 Å². The molecule has 1 aliphatic heterocycles. The molecule has 1 N–H and O–H groups in total. The van der Waals surface area contributed by atoms with Crippen LogP contribution in [-0.4, -0.2) is 40.8 Å². The Morgan fingerprint density at radius 1 is 1.20 bits per heavy atom. The number of aliphatic carboxylic acids is 1. The van der Waals surface area contributed by atoms with Crippen LogP contribution in [0.1, 0.15) is 51.7 Å². The molecule has 0 bridgehead atoms.